The van der Waals surface area contributed by atoms with Gasteiger partial charge in [0.15, 0.2) is 0 Å². The van der Waals surface area contributed by atoms with Gasteiger partial charge in [0.05, 0.1) is 37.6 Å². The Labute approximate surface area is 365 Å². The van der Waals surface area contributed by atoms with Crippen molar-refractivity contribution in [1.82, 2.24) is 0 Å². The van der Waals surface area contributed by atoms with E-state index in [1.807, 2.05) is 113 Å². The van der Waals surface area contributed by atoms with Crippen molar-refractivity contribution < 1.29 is 38.0 Å². The number of carbonyl (C=O) groups excluding carboxylic acids is 2. The molecule has 0 fully saturated rings. The fourth-order valence-electron chi connectivity index (χ4n) is 6.84. The second kappa shape index (κ2) is 22.0. The maximum atomic E-state index is 12.6. The minimum atomic E-state index is -0.432. The molecule has 318 valence electrons. The fraction of sp³-hybridized carbons (Fsp3) is 0.222. The first-order valence-electron chi connectivity index (χ1n) is 20.9. The summed E-state index contributed by atoms with van der Waals surface area (Å²) in [5.74, 6) is 2.05. The van der Waals surface area contributed by atoms with Crippen molar-refractivity contribution in [1.29, 1.82) is 0 Å². The summed E-state index contributed by atoms with van der Waals surface area (Å²) >= 11 is 0. The molecule has 62 heavy (non-hydrogen) atoms. The Hall–Kier alpha value is -7.06. The minimum absolute atomic E-state index is 0.225. The predicted octanol–water partition coefficient (Wildman–Crippen LogP) is 12.5. The topological polar surface area (TPSA) is 89.5 Å². The average molecular weight is 831 g/mol. The Kier molecular flexibility index (Phi) is 15.8. The molecule has 8 heteroatoms. The van der Waals surface area contributed by atoms with Crippen LogP contribution in [0, 0.1) is 27.7 Å². The highest BCUT2D eigenvalue weighted by atomic mass is 16.5. The third-order valence-corrected chi connectivity index (χ3v) is 10.1. The molecule has 0 atom stereocenters. The van der Waals surface area contributed by atoms with Crippen molar-refractivity contribution >= 4 is 11.9 Å². The van der Waals surface area contributed by atoms with Gasteiger partial charge in [0.2, 0.25) is 0 Å². The van der Waals surface area contributed by atoms with E-state index in [-0.39, 0.29) is 13.2 Å². The summed E-state index contributed by atoms with van der Waals surface area (Å²) < 4.78 is 34.6. The lowest BCUT2D eigenvalue weighted by Gasteiger charge is -2.17. The van der Waals surface area contributed by atoms with E-state index in [1.54, 1.807) is 13.8 Å². The summed E-state index contributed by atoms with van der Waals surface area (Å²) in [6.45, 7) is 12.7. The molecule has 0 amide bonds. The average Bonchev–Trinajstić information content (AvgIpc) is 3.29. The van der Waals surface area contributed by atoms with Crippen LogP contribution in [0.25, 0.3) is 33.4 Å². The predicted molar refractivity (Wildman–Crippen MR) is 245 cm³/mol. The number of hydrogen-bond donors (Lipinski definition) is 0. The Morgan fingerprint density at radius 2 is 0.742 bits per heavy atom. The van der Waals surface area contributed by atoms with Gasteiger partial charge in [0, 0.05) is 12.8 Å². The van der Waals surface area contributed by atoms with Crippen molar-refractivity contribution in [2.45, 2.75) is 54.4 Å². The van der Waals surface area contributed by atoms with Gasteiger partial charge in [0.1, 0.15) is 35.5 Å². The molecule has 6 rings (SSSR count). The molecule has 0 heterocycles. The number of esters is 2. The summed E-state index contributed by atoms with van der Waals surface area (Å²) in [5, 5.41) is 0. The maximum absolute atomic E-state index is 12.6. The lowest BCUT2D eigenvalue weighted by Crippen LogP contribution is -2.11. The highest BCUT2D eigenvalue weighted by Crippen LogP contribution is 2.34. The van der Waals surface area contributed by atoms with Crippen LogP contribution < -0.4 is 18.9 Å². The Morgan fingerprint density at radius 3 is 1.08 bits per heavy atom. The number of rotatable bonds is 19. The smallest absolute Gasteiger partial charge is 0.336 e. The number of benzene rings is 6. The molecule has 0 radical (unpaired) electrons. The minimum Gasteiger partial charge on any atom is -0.493 e. The standard InChI is InChI=1S/C54H54O8/c1-37-31-47(32-38(2)51(37)57-27-13-29-59-53(55)41(5)35-61-49-23-19-45(20-24-49)43-15-9-7-10-16-43)48-33-39(3)52(40(4)34-48)58-28-14-30-60-54(56)42(6)36-62-50-25-21-46(22-26-50)44-17-11-8-12-18-44/h7-12,15-26,31-36H,13-14,27-30H2,1-6H3. The molecule has 0 unspecified atom stereocenters. The highest BCUT2D eigenvalue weighted by Gasteiger charge is 2.14. The highest BCUT2D eigenvalue weighted by molar-refractivity contribution is 5.88. The van der Waals surface area contributed by atoms with E-state index in [9.17, 15) is 9.59 Å². The van der Waals surface area contributed by atoms with Gasteiger partial charge in [-0.1, -0.05) is 84.9 Å². The lowest BCUT2D eigenvalue weighted by molar-refractivity contribution is -0.140. The van der Waals surface area contributed by atoms with E-state index in [1.165, 1.54) is 12.5 Å². The van der Waals surface area contributed by atoms with Gasteiger partial charge in [-0.05, 0) is 146 Å². The summed E-state index contributed by atoms with van der Waals surface area (Å²) in [6.07, 6.45) is 3.92. The number of ether oxygens (including phenoxy) is 6. The summed E-state index contributed by atoms with van der Waals surface area (Å²) in [5.41, 5.74) is 11.4. The molecule has 0 aromatic heterocycles. The number of hydrogen-bond acceptors (Lipinski definition) is 8. The molecule has 0 N–H and O–H groups in total. The van der Waals surface area contributed by atoms with Crippen molar-refractivity contribution in [3.63, 3.8) is 0 Å². The quantitative estimate of drug-likeness (QED) is 0.0345. The fourth-order valence-corrected chi connectivity index (χ4v) is 6.84. The van der Waals surface area contributed by atoms with E-state index in [0.29, 0.717) is 48.7 Å². The lowest BCUT2D eigenvalue weighted by atomic mass is 9.96. The van der Waals surface area contributed by atoms with E-state index in [4.69, 9.17) is 28.4 Å². The second-order valence-corrected chi connectivity index (χ2v) is 15.2. The van der Waals surface area contributed by atoms with Crippen LogP contribution in [-0.2, 0) is 19.1 Å². The summed E-state index contributed by atoms with van der Waals surface area (Å²) in [7, 11) is 0. The molecule has 0 saturated carbocycles. The molecule has 0 aliphatic rings. The van der Waals surface area contributed by atoms with Gasteiger partial charge in [-0.15, -0.1) is 0 Å². The molecule has 8 nitrogen and oxygen atoms in total. The molecule has 0 aliphatic carbocycles. The van der Waals surface area contributed by atoms with Crippen LogP contribution in [0.4, 0.5) is 0 Å². The number of aryl methyl sites for hydroxylation is 4. The molecular formula is C54H54O8. The molecule has 6 aromatic carbocycles. The monoisotopic (exact) mass is 830 g/mol. The molecule has 0 saturated heterocycles. The van der Waals surface area contributed by atoms with Crippen LogP contribution in [0.1, 0.15) is 48.9 Å². The Morgan fingerprint density at radius 1 is 0.419 bits per heavy atom. The first kappa shape index (κ1) is 44.5. The summed E-state index contributed by atoms with van der Waals surface area (Å²) in [4.78, 5) is 25.1. The molecule has 0 aliphatic heterocycles. The molecule has 6 aromatic rings. The third-order valence-electron chi connectivity index (χ3n) is 10.1. The van der Waals surface area contributed by atoms with E-state index in [2.05, 4.69) is 48.5 Å². The van der Waals surface area contributed by atoms with Crippen LogP contribution in [0.3, 0.4) is 0 Å². The zero-order valence-electron chi connectivity index (χ0n) is 36.4. The van der Waals surface area contributed by atoms with Crippen molar-refractivity contribution in [3.05, 3.63) is 179 Å². The van der Waals surface area contributed by atoms with Crippen molar-refractivity contribution in [2.75, 3.05) is 26.4 Å². The van der Waals surface area contributed by atoms with Gasteiger partial charge < -0.3 is 28.4 Å². The van der Waals surface area contributed by atoms with Crippen LogP contribution in [0.5, 0.6) is 23.0 Å². The zero-order chi connectivity index (χ0) is 43.8. The normalized spacial score (nSPS) is 11.5. The maximum Gasteiger partial charge on any atom is 0.336 e. The first-order chi connectivity index (χ1) is 30.0. The Bertz CT molecular complexity index is 2260. The summed E-state index contributed by atoms with van der Waals surface area (Å²) in [6, 6.07) is 44.1. The van der Waals surface area contributed by atoms with Gasteiger partial charge in [-0.2, -0.15) is 0 Å². The van der Waals surface area contributed by atoms with Gasteiger partial charge in [0.25, 0.3) is 0 Å². The second-order valence-electron chi connectivity index (χ2n) is 15.2. The van der Waals surface area contributed by atoms with E-state index in [0.717, 1.165) is 67.1 Å². The SMILES string of the molecule is CC(=COc1ccc(-c2ccccc2)cc1)C(=O)OCCCOc1c(C)cc(-c2cc(C)c(OCCCOC(=O)C(C)=COc3ccc(-c4ccccc4)cc3)c(C)c2)cc1C. The van der Waals surface area contributed by atoms with Crippen LogP contribution in [0.2, 0.25) is 0 Å². The van der Waals surface area contributed by atoms with E-state index < -0.39 is 11.9 Å². The Balaban J connectivity index is 0.900. The molecule has 0 spiro atoms. The molecule has 0 bridgehead atoms. The van der Waals surface area contributed by atoms with Gasteiger partial charge in [-0.3, -0.25) is 0 Å². The largest absolute Gasteiger partial charge is 0.493 e. The zero-order valence-corrected chi connectivity index (χ0v) is 36.4. The molecular weight excluding hydrogens is 777 g/mol. The first-order valence-corrected chi connectivity index (χ1v) is 20.9. The third kappa shape index (κ3) is 12.5. The van der Waals surface area contributed by atoms with Crippen LogP contribution in [0.15, 0.2) is 157 Å². The van der Waals surface area contributed by atoms with Gasteiger partial charge >= 0.3 is 11.9 Å². The van der Waals surface area contributed by atoms with Crippen molar-refractivity contribution in [2.24, 2.45) is 0 Å². The number of carbonyl (C=O) groups is 2. The van der Waals surface area contributed by atoms with E-state index >= 15 is 0 Å². The van der Waals surface area contributed by atoms with Crippen molar-refractivity contribution in [3.8, 4) is 56.4 Å². The van der Waals surface area contributed by atoms with Crippen LogP contribution in [-0.4, -0.2) is 38.4 Å². The van der Waals surface area contributed by atoms with Crippen LogP contribution >= 0.6 is 0 Å². The van der Waals surface area contributed by atoms with Gasteiger partial charge in [-0.25, -0.2) is 9.59 Å².